The molecule has 0 saturated carbocycles. The van der Waals surface area contributed by atoms with E-state index in [0.29, 0.717) is 16.9 Å². The van der Waals surface area contributed by atoms with Gasteiger partial charge < -0.3 is 10.6 Å². The monoisotopic (exact) mass is 323 g/mol. The van der Waals surface area contributed by atoms with Crippen molar-refractivity contribution in [3.8, 4) is 6.07 Å². The summed E-state index contributed by atoms with van der Waals surface area (Å²) in [7, 11) is 0. The van der Waals surface area contributed by atoms with Gasteiger partial charge in [-0.05, 0) is 43.3 Å². The Balaban J connectivity index is 2.10. The lowest BCUT2D eigenvalue weighted by Gasteiger charge is -2.06. The molecule has 5 nitrogen and oxygen atoms in total. The van der Waals surface area contributed by atoms with Crippen LogP contribution in [0, 0.1) is 17.1 Å². The third-order valence-corrected chi connectivity index (χ3v) is 3.12. The average Bonchev–Trinajstić information content (AvgIpc) is 2.57. The third kappa shape index (κ3) is 4.52. The van der Waals surface area contributed by atoms with E-state index in [0.717, 1.165) is 0 Å². The minimum absolute atomic E-state index is 0.125. The highest BCUT2D eigenvalue weighted by atomic mass is 19.1. The maximum atomic E-state index is 12.8. The number of Topliss-reactive ketones (excluding diaryl/α,β-unsaturated/α-hetero) is 1. The number of amides is 1. The second-order valence-corrected chi connectivity index (χ2v) is 4.91. The molecule has 1 amide bonds. The highest BCUT2D eigenvalue weighted by Crippen LogP contribution is 2.13. The van der Waals surface area contributed by atoms with Gasteiger partial charge in [-0.25, -0.2) is 4.39 Å². The first-order valence-electron chi connectivity index (χ1n) is 7.04. The molecule has 0 saturated heterocycles. The highest BCUT2D eigenvalue weighted by molar-refractivity contribution is 6.07. The molecule has 0 aliphatic rings. The number of carbonyl (C=O) groups is 2. The van der Waals surface area contributed by atoms with E-state index in [4.69, 9.17) is 5.26 Å². The number of hydrogen-bond donors (Lipinski definition) is 2. The van der Waals surface area contributed by atoms with E-state index in [1.54, 1.807) is 24.3 Å². The molecule has 2 aromatic carbocycles. The molecule has 0 atom stereocenters. The molecule has 2 N–H and O–H groups in total. The predicted molar refractivity (Wildman–Crippen MR) is 88.8 cm³/mol. The molecular weight excluding hydrogens is 309 g/mol. The minimum atomic E-state index is -0.618. The Kier molecular flexibility index (Phi) is 5.42. The van der Waals surface area contributed by atoms with Crippen molar-refractivity contribution in [2.45, 2.75) is 6.92 Å². The van der Waals surface area contributed by atoms with E-state index >= 15 is 0 Å². The highest BCUT2D eigenvalue weighted by Gasteiger charge is 2.10. The first-order chi connectivity index (χ1) is 11.5. The maximum absolute atomic E-state index is 12.8. The third-order valence-electron chi connectivity index (χ3n) is 3.12. The van der Waals surface area contributed by atoms with Gasteiger partial charge in [-0.15, -0.1) is 0 Å². The number of hydrogen-bond acceptors (Lipinski definition) is 4. The van der Waals surface area contributed by atoms with E-state index in [2.05, 4.69) is 10.6 Å². The van der Waals surface area contributed by atoms with Crippen molar-refractivity contribution in [3.05, 3.63) is 71.7 Å². The van der Waals surface area contributed by atoms with E-state index in [-0.39, 0.29) is 17.2 Å². The lowest BCUT2D eigenvalue weighted by Crippen LogP contribution is -2.14. The Hall–Kier alpha value is -3.46. The SMILES string of the molecule is CC(=O)c1cccc(NC(=O)/C(C#N)=C\Nc2ccc(F)cc2)c1. The van der Waals surface area contributed by atoms with E-state index in [1.165, 1.54) is 43.5 Å². The summed E-state index contributed by atoms with van der Waals surface area (Å²) in [6.07, 6.45) is 1.23. The van der Waals surface area contributed by atoms with Gasteiger partial charge in [0.05, 0.1) is 0 Å². The lowest BCUT2D eigenvalue weighted by molar-refractivity contribution is -0.112. The number of nitriles is 1. The molecule has 24 heavy (non-hydrogen) atoms. The number of nitrogens with one attached hydrogen (secondary N) is 2. The molecule has 2 aromatic rings. The predicted octanol–water partition coefficient (Wildman–Crippen LogP) is 3.49. The zero-order valence-electron chi connectivity index (χ0n) is 12.8. The van der Waals surface area contributed by atoms with E-state index in [9.17, 15) is 14.0 Å². The van der Waals surface area contributed by atoms with Gasteiger partial charge in [0, 0.05) is 23.1 Å². The van der Waals surface area contributed by atoms with Gasteiger partial charge in [0.2, 0.25) is 0 Å². The van der Waals surface area contributed by atoms with Gasteiger partial charge in [-0.1, -0.05) is 12.1 Å². The standard InChI is InChI=1S/C18H14FN3O2/c1-12(23)13-3-2-4-17(9-13)22-18(24)14(10-20)11-21-16-7-5-15(19)6-8-16/h2-9,11,21H,1H3,(H,22,24)/b14-11-. The molecule has 2 rings (SSSR count). The van der Waals surface area contributed by atoms with Gasteiger partial charge in [0.1, 0.15) is 17.5 Å². The Labute approximate surface area is 138 Å². The summed E-state index contributed by atoms with van der Waals surface area (Å²) in [6.45, 7) is 1.42. The minimum Gasteiger partial charge on any atom is -0.360 e. The summed E-state index contributed by atoms with van der Waals surface area (Å²) in [5.41, 5.74) is 1.25. The fourth-order valence-electron chi connectivity index (χ4n) is 1.86. The zero-order chi connectivity index (χ0) is 17.5. The number of rotatable bonds is 5. The van der Waals surface area contributed by atoms with Crippen LogP contribution in [0.2, 0.25) is 0 Å². The number of anilines is 2. The van der Waals surface area contributed by atoms with Crippen molar-refractivity contribution in [3.63, 3.8) is 0 Å². The Bertz CT molecular complexity index is 836. The van der Waals surface area contributed by atoms with Crippen LogP contribution in [0.4, 0.5) is 15.8 Å². The summed E-state index contributed by atoms with van der Waals surface area (Å²) in [5, 5.41) is 14.4. The molecular formula is C18H14FN3O2. The summed E-state index contributed by atoms with van der Waals surface area (Å²) < 4.78 is 12.8. The molecule has 0 unspecified atom stereocenters. The van der Waals surface area contributed by atoms with Crippen LogP contribution in [0.5, 0.6) is 0 Å². The van der Waals surface area contributed by atoms with Gasteiger partial charge in [-0.2, -0.15) is 5.26 Å². The topological polar surface area (TPSA) is 82.0 Å². The van der Waals surface area contributed by atoms with Crippen molar-refractivity contribution in [1.82, 2.24) is 0 Å². The Morgan fingerprint density at radius 3 is 2.46 bits per heavy atom. The van der Waals surface area contributed by atoms with Crippen LogP contribution >= 0.6 is 0 Å². The smallest absolute Gasteiger partial charge is 0.267 e. The molecule has 0 aliphatic carbocycles. The van der Waals surface area contributed by atoms with E-state index in [1.807, 2.05) is 0 Å². The first kappa shape index (κ1) is 16.9. The number of halogens is 1. The molecule has 120 valence electrons. The largest absolute Gasteiger partial charge is 0.360 e. The number of carbonyl (C=O) groups excluding carboxylic acids is 2. The van der Waals surface area contributed by atoms with Crippen molar-refractivity contribution in [1.29, 1.82) is 5.26 Å². The molecule has 6 heteroatoms. The molecule has 0 spiro atoms. The van der Waals surface area contributed by atoms with Crippen molar-refractivity contribution >= 4 is 23.1 Å². The fraction of sp³-hybridized carbons (Fsp3) is 0.0556. The maximum Gasteiger partial charge on any atom is 0.267 e. The van der Waals surface area contributed by atoms with Crippen LogP contribution in [0.25, 0.3) is 0 Å². The molecule has 0 fully saturated rings. The summed E-state index contributed by atoms with van der Waals surface area (Å²) in [6, 6.07) is 13.7. The van der Waals surface area contributed by atoms with Crippen molar-refractivity contribution in [2.75, 3.05) is 10.6 Å². The lowest BCUT2D eigenvalue weighted by atomic mass is 10.1. The average molecular weight is 323 g/mol. The quantitative estimate of drug-likeness (QED) is 0.501. The van der Waals surface area contributed by atoms with Gasteiger partial charge in [0.15, 0.2) is 5.78 Å². The Morgan fingerprint density at radius 2 is 1.83 bits per heavy atom. The summed E-state index contributed by atoms with van der Waals surface area (Å²) >= 11 is 0. The summed E-state index contributed by atoms with van der Waals surface area (Å²) in [4.78, 5) is 23.5. The van der Waals surface area contributed by atoms with Crippen molar-refractivity contribution < 1.29 is 14.0 Å². The fourth-order valence-corrected chi connectivity index (χ4v) is 1.86. The van der Waals surface area contributed by atoms with Gasteiger partial charge >= 0.3 is 0 Å². The van der Waals surface area contributed by atoms with Crippen LogP contribution < -0.4 is 10.6 Å². The van der Waals surface area contributed by atoms with Crippen LogP contribution in [-0.4, -0.2) is 11.7 Å². The summed E-state index contributed by atoms with van der Waals surface area (Å²) in [5.74, 6) is -1.12. The molecule has 0 bridgehead atoms. The second kappa shape index (κ2) is 7.70. The van der Waals surface area contributed by atoms with Crippen LogP contribution in [-0.2, 0) is 4.79 Å². The zero-order valence-corrected chi connectivity index (χ0v) is 12.8. The van der Waals surface area contributed by atoms with Crippen LogP contribution in [0.3, 0.4) is 0 Å². The number of benzene rings is 2. The normalized spacial score (nSPS) is 10.6. The number of nitrogens with zero attached hydrogens (tertiary/aromatic N) is 1. The van der Waals surface area contributed by atoms with Crippen LogP contribution in [0.15, 0.2) is 60.3 Å². The van der Waals surface area contributed by atoms with Gasteiger partial charge in [-0.3, -0.25) is 9.59 Å². The molecule has 0 aliphatic heterocycles. The van der Waals surface area contributed by atoms with Crippen molar-refractivity contribution in [2.24, 2.45) is 0 Å². The second-order valence-electron chi connectivity index (χ2n) is 4.91. The number of ketones is 1. The molecule has 0 aromatic heterocycles. The molecule has 0 heterocycles. The Morgan fingerprint density at radius 1 is 1.12 bits per heavy atom. The van der Waals surface area contributed by atoms with Crippen LogP contribution in [0.1, 0.15) is 17.3 Å². The first-order valence-corrected chi connectivity index (χ1v) is 7.04. The van der Waals surface area contributed by atoms with E-state index < -0.39 is 5.91 Å². The molecule has 0 radical (unpaired) electrons. The van der Waals surface area contributed by atoms with Gasteiger partial charge in [0.25, 0.3) is 5.91 Å².